The van der Waals surface area contributed by atoms with E-state index >= 15 is 0 Å². The molecule has 5 aromatic rings. The van der Waals surface area contributed by atoms with Crippen LogP contribution >= 0.6 is 7.05 Å². The van der Waals surface area contributed by atoms with Gasteiger partial charge in [0.1, 0.15) is 5.84 Å². The first-order valence-electron chi connectivity index (χ1n) is 14.9. The quantitative estimate of drug-likeness (QED) is 0.121. The van der Waals surface area contributed by atoms with Crippen LogP contribution in [0.2, 0.25) is 0 Å². The monoisotopic (exact) mass is 583 g/mol. The van der Waals surface area contributed by atoms with E-state index in [0.717, 1.165) is 34.0 Å². The highest BCUT2D eigenvalue weighted by Gasteiger charge is 2.31. The second-order valence-electron chi connectivity index (χ2n) is 12.2. The minimum absolute atomic E-state index is 0.230. The molecule has 0 aromatic heterocycles. The third kappa shape index (κ3) is 6.28. The van der Waals surface area contributed by atoms with E-state index in [1.807, 2.05) is 0 Å². The Morgan fingerprint density at radius 2 is 0.977 bits per heavy atom. The molecular weight excluding hydrogens is 541 g/mol. The number of aryl methyl sites for hydroxylation is 4. The van der Waals surface area contributed by atoms with Crippen molar-refractivity contribution in [1.82, 2.24) is 0 Å². The molecule has 0 spiro atoms. The van der Waals surface area contributed by atoms with Crippen LogP contribution < -0.4 is 21.2 Å². The molecule has 5 rings (SSSR count). The summed E-state index contributed by atoms with van der Waals surface area (Å²) in [5.74, 6) is 0.920. The maximum absolute atomic E-state index is 5.87. The molecule has 5 aromatic carbocycles. The van der Waals surface area contributed by atoms with Crippen LogP contribution in [0.1, 0.15) is 43.0 Å². The highest BCUT2D eigenvalue weighted by atomic mass is 31.2. The van der Waals surface area contributed by atoms with Crippen LogP contribution in [-0.4, -0.2) is 5.84 Å². The van der Waals surface area contributed by atoms with Crippen molar-refractivity contribution in [2.75, 3.05) is 5.32 Å². The Labute approximate surface area is 257 Å². The number of benzene rings is 5. The topological polar surface area (TPSA) is 36.8 Å². The zero-order valence-electron chi connectivity index (χ0n) is 26.4. The number of aliphatic imine (C=N–C) groups is 1. The summed E-state index contributed by atoms with van der Waals surface area (Å²) in [6.45, 7) is 15.2. The van der Waals surface area contributed by atoms with E-state index in [0.29, 0.717) is 0 Å². The summed E-state index contributed by atoms with van der Waals surface area (Å²) in [5, 5.41) is 7.46. The van der Waals surface area contributed by atoms with Gasteiger partial charge in [-0.05, 0) is 56.0 Å². The average Bonchev–Trinajstić information content (AvgIpc) is 2.99. The molecule has 0 unspecified atom stereocenters. The first-order chi connectivity index (χ1) is 20.6. The van der Waals surface area contributed by atoms with E-state index in [2.05, 4.69) is 175 Å². The summed E-state index contributed by atoms with van der Waals surface area (Å²) in [5.41, 5.74) is 7.55. The van der Waals surface area contributed by atoms with Crippen molar-refractivity contribution in [3.8, 4) is 0 Å². The van der Waals surface area contributed by atoms with Crippen LogP contribution in [0.5, 0.6) is 0 Å². The van der Waals surface area contributed by atoms with Crippen molar-refractivity contribution in [3.63, 3.8) is 0 Å². The second-order valence-corrected chi connectivity index (χ2v) is 15.2. The van der Waals surface area contributed by atoms with Gasteiger partial charge in [0, 0.05) is 27.0 Å². The summed E-state index contributed by atoms with van der Waals surface area (Å²) in [6.07, 6.45) is 0. The fourth-order valence-electron chi connectivity index (χ4n) is 5.46. The molecule has 0 atom stereocenters. The van der Waals surface area contributed by atoms with Crippen LogP contribution in [-0.2, 0) is 0 Å². The van der Waals surface area contributed by atoms with Gasteiger partial charge in [-0.15, -0.1) is 0 Å². The summed E-state index contributed by atoms with van der Waals surface area (Å²) in [7, 11) is -2.57. The van der Waals surface area contributed by atoms with Crippen molar-refractivity contribution in [2.24, 2.45) is 15.2 Å². The molecule has 0 aliphatic heterocycles. The van der Waals surface area contributed by atoms with E-state index in [1.54, 1.807) is 0 Å². The molecule has 43 heavy (non-hydrogen) atoms. The maximum atomic E-state index is 5.87. The van der Waals surface area contributed by atoms with Gasteiger partial charge in [0.2, 0.25) is 0 Å². The van der Waals surface area contributed by atoms with Crippen molar-refractivity contribution < 1.29 is 0 Å². The van der Waals surface area contributed by atoms with Crippen LogP contribution in [0, 0.1) is 33.1 Å². The summed E-state index contributed by atoms with van der Waals surface area (Å²) < 4.78 is 5.87. The predicted octanol–water partition coefficient (Wildman–Crippen LogP) is 9.92. The molecule has 0 amide bonds. The Balaban J connectivity index is 1.86. The third-order valence-electron chi connectivity index (χ3n) is 7.83. The largest absolute Gasteiger partial charge is 0.343 e. The van der Waals surface area contributed by atoms with Gasteiger partial charge in [0.05, 0.1) is 18.4 Å². The lowest BCUT2D eigenvalue weighted by atomic mass is 9.94. The number of amidine groups is 1. The molecule has 4 heteroatoms. The van der Waals surface area contributed by atoms with E-state index in [1.165, 1.54) is 27.0 Å². The number of hydrogen-bond acceptors (Lipinski definition) is 2. The van der Waals surface area contributed by atoms with E-state index in [4.69, 9.17) is 9.74 Å². The van der Waals surface area contributed by atoms with Gasteiger partial charge in [0.25, 0.3) is 0 Å². The maximum Gasteiger partial charge on any atom is 0.112 e. The lowest BCUT2D eigenvalue weighted by molar-refractivity contribution is 0.590. The van der Waals surface area contributed by atoms with Gasteiger partial charge >= 0.3 is 0 Å². The van der Waals surface area contributed by atoms with Gasteiger partial charge in [0.15, 0.2) is 0 Å². The van der Waals surface area contributed by atoms with Crippen molar-refractivity contribution in [3.05, 3.63) is 144 Å². The Morgan fingerprint density at radius 1 is 0.535 bits per heavy atom. The Kier molecular flexibility index (Phi) is 8.85. The highest BCUT2D eigenvalue weighted by molar-refractivity contribution is 7.87. The zero-order chi connectivity index (χ0) is 30.6. The van der Waals surface area contributed by atoms with Crippen molar-refractivity contribution in [1.29, 1.82) is 0 Å². The van der Waals surface area contributed by atoms with Gasteiger partial charge in [-0.25, -0.2) is 4.99 Å². The van der Waals surface area contributed by atoms with Gasteiger partial charge < -0.3 is 5.32 Å². The first kappa shape index (κ1) is 30.3. The Morgan fingerprint density at radius 3 is 1.47 bits per heavy atom. The molecule has 1 N–H and O–H groups in total. The van der Waals surface area contributed by atoms with Crippen LogP contribution in [0.3, 0.4) is 0 Å². The minimum atomic E-state index is -2.57. The normalized spacial score (nSPS) is 12.2. The second kappa shape index (κ2) is 12.6. The molecule has 0 radical (unpaired) electrons. The molecule has 0 heterocycles. The van der Waals surface area contributed by atoms with Crippen LogP contribution in [0.25, 0.3) is 0 Å². The SMILES string of the molecule is Cc1cccc(C)c1N=C(Nc1ccccc1P(=Nc1c(C)cccc1C)(c1ccccc1)c1ccccc1)C(C)(C)C. The molecule has 0 saturated carbocycles. The average molecular weight is 584 g/mol. The fraction of sp³-hybridized carbons (Fsp3) is 0.205. The number of nitrogens with zero attached hydrogens (tertiary/aromatic N) is 2. The van der Waals surface area contributed by atoms with Crippen LogP contribution in [0.4, 0.5) is 17.1 Å². The van der Waals surface area contributed by atoms with E-state index < -0.39 is 7.05 Å². The molecule has 0 fully saturated rings. The summed E-state index contributed by atoms with van der Waals surface area (Å²) in [6, 6.07) is 43.1. The van der Waals surface area contributed by atoms with Crippen molar-refractivity contribution >= 4 is 45.9 Å². The first-order valence-corrected chi connectivity index (χ1v) is 16.7. The highest BCUT2D eigenvalue weighted by Crippen LogP contribution is 2.52. The molecule has 0 aliphatic rings. The molecule has 0 aliphatic carbocycles. The third-order valence-corrected chi connectivity index (χ3v) is 11.5. The molecule has 3 nitrogen and oxygen atoms in total. The van der Waals surface area contributed by atoms with Crippen LogP contribution in [0.15, 0.2) is 131 Å². The molecular formula is C39H42N3P. The minimum Gasteiger partial charge on any atom is -0.343 e. The standard InChI is InChI=1S/C39H42N3P/c1-28-18-16-19-29(2)36(28)41-38(39(5,6)7)40-34-26-14-15-27-35(34)43(32-22-10-8-11-23-32,33-24-12-9-13-25-33)42-37-30(3)20-17-21-31(37)4/h8-27H,1-7H3,(H,40,41). The lowest BCUT2D eigenvalue weighted by Crippen LogP contribution is -2.33. The summed E-state index contributed by atoms with van der Waals surface area (Å²) in [4.78, 5) is 5.29. The zero-order valence-corrected chi connectivity index (χ0v) is 27.3. The number of para-hydroxylation sites is 2. The number of nitrogens with one attached hydrogen (secondary N) is 1. The van der Waals surface area contributed by atoms with E-state index in [-0.39, 0.29) is 5.41 Å². The smallest absolute Gasteiger partial charge is 0.112 e. The molecule has 0 bridgehead atoms. The lowest BCUT2D eigenvalue weighted by Gasteiger charge is -2.31. The van der Waals surface area contributed by atoms with E-state index in [9.17, 15) is 0 Å². The Hall–Kier alpha value is -4.20. The number of anilines is 1. The van der Waals surface area contributed by atoms with Gasteiger partial charge in [-0.1, -0.05) is 136 Å². The Bertz CT molecular complexity index is 1730. The van der Waals surface area contributed by atoms with Crippen molar-refractivity contribution in [2.45, 2.75) is 48.5 Å². The van der Waals surface area contributed by atoms with Gasteiger partial charge in [-0.3, -0.25) is 4.74 Å². The predicted molar refractivity (Wildman–Crippen MR) is 189 cm³/mol. The number of hydrogen-bond donors (Lipinski definition) is 1. The van der Waals surface area contributed by atoms with Gasteiger partial charge in [-0.2, -0.15) is 0 Å². The molecule has 218 valence electrons. The molecule has 0 saturated heterocycles. The summed E-state index contributed by atoms with van der Waals surface area (Å²) >= 11 is 0. The number of rotatable bonds is 6. The fourth-order valence-corrected chi connectivity index (χ4v) is 9.26.